The third kappa shape index (κ3) is 5.66. The van der Waals surface area contributed by atoms with E-state index in [0.717, 1.165) is 16.7 Å². The number of rotatable bonds is 7. The molecule has 4 rings (SSSR count). The molecule has 0 spiro atoms. The molecule has 1 aliphatic rings. The highest BCUT2D eigenvalue weighted by molar-refractivity contribution is 5.72. The molecular weight excluding hydrogens is 456 g/mol. The van der Waals surface area contributed by atoms with Gasteiger partial charge >= 0.3 is 12.0 Å². The van der Waals surface area contributed by atoms with Crippen molar-refractivity contribution in [2.75, 3.05) is 30.3 Å². The molecule has 9 nitrogen and oxygen atoms in total. The van der Waals surface area contributed by atoms with Crippen LogP contribution in [0.15, 0.2) is 41.2 Å². The van der Waals surface area contributed by atoms with Gasteiger partial charge in [-0.1, -0.05) is 57.1 Å². The Balaban J connectivity index is 0.00000176. The Labute approximate surface area is 213 Å². The van der Waals surface area contributed by atoms with E-state index in [4.69, 9.17) is 20.0 Å². The maximum Gasteiger partial charge on any atom is 0.324 e. The van der Waals surface area contributed by atoms with Gasteiger partial charge in [0.05, 0.1) is 17.9 Å². The Morgan fingerprint density at radius 1 is 1.14 bits per heavy atom. The lowest BCUT2D eigenvalue weighted by Crippen LogP contribution is -2.37. The summed E-state index contributed by atoms with van der Waals surface area (Å²) in [4.78, 5) is 27.0. The lowest BCUT2D eigenvalue weighted by Gasteiger charge is -2.31. The van der Waals surface area contributed by atoms with Crippen molar-refractivity contribution >= 4 is 17.9 Å². The number of nitrogen functional groups attached to an aromatic ring is 1. The quantitative estimate of drug-likeness (QED) is 0.458. The number of ether oxygens (including phenoxy) is 1. The third-order valence-electron chi connectivity index (χ3n) is 6.91. The fraction of sp³-hybridized carbons (Fsp3) is 0.519. The monoisotopic (exact) mass is 494 g/mol. The largest absolute Gasteiger partial charge is 0.466 e. The van der Waals surface area contributed by atoms with Crippen LogP contribution >= 0.6 is 0 Å². The van der Waals surface area contributed by atoms with Gasteiger partial charge in [-0.3, -0.25) is 4.79 Å². The smallest absolute Gasteiger partial charge is 0.324 e. The number of esters is 1. The number of anilines is 2. The van der Waals surface area contributed by atoms with E-state index >= 15 is 0 Å². The molecule has 9 heteroatoms. The molecule has 1 unspecified atom stereocenters. The molecule has 0 saturated carbocycles. The molecule has 194 valence electrons. The van der Waals surface area contributed by atoms with Gasteiger partial charge in [-0.15, -0.1) is 0 Å². The van der Waals surface area contributed by atoms with Gasteiger partial charge in [0.2, 0.25) is 5.95 Å². The van der Waals surface area contributed by atoms with Crippen molar-refractivity contribution < 1.29 is 14.1 Å². The zero-order valence-electron chi connectivity index (χ0n) is 22.2. The van der Waals surface area contributed by atoms with E-state index < -0.39 is 5.41 Å². The summed E-state index contributed by atoms with van der Waals surface area (Å²) in [6.45, 7) is 14.1. The molecule has 1 atom stereocenters. The summed E-state index contributed by atoms with van der Waals surface area (Å²) in [5.41, 5.74) is 8.16. The Morgan fingerprint density at radius 3 is 2.31 bits per heavy atom. The van der Waals surface area contributed by atoms with E-state index in [2.05, 4.69) is 52.9 Å². The molecule has 0 amide bonds. The number of hydrogen-bond donors (Lipinski definition) is 1. The Bertz CT molecular complexity index is 1110. The second-order valence-corrected chi connectivity index (χ2v) is 9.18. The zero-order valence-corrected chi connectivity index (χ0v) is 22.2. The minimum atomic E-state index is -0.443. The Morgan fingerprint density at radius 2 is 1.75 bits per heavy atom. The van der Waals surface area contributed by atoms with Crippen LogP contribution in [0.5, 0.6) is 0 Å². The number of hydrogen-bond acceptors (Lipinski definition) is 9. The number of benzene rings is 1. The molecule has 1 fully saturated rings. The second kappa shape index (κ2) is 12.0. The van der Waals surface area contributed by atoms with Crippen LogP contribution in [0.25, 0.3) is 11.1 Å². The normalized spacial score (nSPS) is 15.7. The van der Waals surface area contributed by atoms with Gasteiger partial charge in [-0.2, -0.15) is 4.98 Å². The summed E-state index contributed by atoms with van der Waals surface area (Å²) in [5, 5.41) is 4.38. The minimum Gasteiger partial charge on any atom is -0.466 e. The summed E-state index contributed by atoms with van der Waals surface area (Å²) < 4.78 is 10.9. The molecule has 1 aromatic carbocycles. The number of piperidine rings is 1. The molecule has 1 saturated heterocycles. The topological polar surface area (TPSA) is 120 Å². The van der Waals surface area contributed by atoms with E-state index in [1.54, 1.807) is 12.4 Å². The maximum absolute atomic E-state index is 12.0. The van der Waals surface area contributed by atoms with Crippen molar-refractivity contribution in [2.24, 2.45) is 11.8 Å². The first-order valence-electron chi connectivity index (χ1n) is 12.8. The SMILES string of the molecule is CC.CCOC(=O)C1CCN(c2nc(C(C)(c3ccc(-c4cnc(N)nc4)cc3)C(C)C)no2)CC1. The third-order valence-corrected chi connectivity index (χ3v) is 6.91. The highest BCUT2D eigenvalue weighted by atomic mass is 16.5. The second-order valence-electron chi connectivity index (χ2n) is 9.18. The van der Waals surface area contributed by atoms with Gasteiger partial charge in [0.15, 0.2) is 5.82 Å². The number of nitrogens with two attached hydrogens (primary N) is 1. The first-order chi connectivity index (χ1) is 17.3. The van der Waals surface area contributed by atoms with Gasteiger partial charge in [0.25, 0.3) is 0 Å². The molecule has 2 N–H and O–H groups in total. The summed E-state index contributed by atoms with van der Waals surface area (Å²) in [6.07, 6.45) is 4.87. The van der Waals surface area contributed by atoms with Gasteiger partial charge in [-0.25, -0.2) is 9.97 Å². The van der Waals surface area contributed by atoms with Crippen LogP contribution in [-0.4, -0.2) is 45.8 Å². The average molecular weight is 495 g/mol. The first-order valence-corrected chi connectivity index (χ1v) is 12.8. The van der Waals surface area contributed by atoms with Crippen molar-refractivity contribution in [3.8, 4) is 11.1 Å². The lowest BCUT2D eigenvalue weighted by molar-refractivity contribution is -0.148. The van der Waals surface area contributed by atoms with E-state index in [0.29, 0.717) is 44.4 Å². The van der Waals surface area contributed by atoms with Gasteiger partial charge in [0, 0.05) is 31.0 Å². The van der Waals surface area contributed by atoms with Crippen LogP contribution in [-0.2, 0) is 14.9 Å². The minimum absolute atomic E-state index is 0.0653. The predicted molar refractivity (Wildman–Crippen MR) is 140 cm³/mol. The van der Waals surface area contributed by atoms with Crippen molar-refractivity contribution in [1.29, 1.82) is 0 Å². The molecule has 2 aromatic heterocycles. The van der Waals surface area contributed by atoms with E-state index in [1.165, 1.54) is 0 Å². The Hall–Kier alpha value is -3.49. The lowest BCUT2D eigenvalue weighted by atomic mass is 9.72. The molecule has 0 bridgehead atoms. The molecule has 3 aromatic rings. The van der Waals surface area contributed by atoms with Crippen molar-refractivity contribution in [1.82, 2.24) is 20.1 Å². The molecule has 0 radical (unpaired) electrons. The molecule has 0 aliphatic carbocycles. The van der Waals surface area contributed by atoms with Crippen molar-refractivity contribution in [2.45, 2.75) is 59.8 Å². The highest BCUT2D eigenvalue weighted by Crippen LogP contribution is 2.39. The maximum atomic E-state index is 12.0. The van der Waals surface area contributed by atoms with Crippen LogP contribution in [0.2, 0.25) is 0 Å². The number of carbonyl (C=O) groups is 1. The molecule has 1 aliphatic heterocycles. The first kappa shape index (κ1) is 27.1. The Kier molecular flexibility index (Phi) is 9.01. The predicted octanol–water partition coefficient (Wildman–Crippen LogP) is 4.88. The summed E-state index contributed by atoms with van der Waals surface area (Å²) in [7, 11) is 0. The van der Waals surface area contributed by atoms with E-state index in [1.807, 2.05) is 32.9 Å². The van der Waals surface area contributed by atoms with Crippen LogP contribution in [0.4, 0.5) is 12.0 Å². The van der Waals surface area contributed by atoms with E-state index in [-0.39, 0.29) is 23.8 Å². The summed E-state index contributed by atoms with van der Waals surface area (Å²) >= 11 is 0. The number of nitrogens with zero attached hydrogens (tertiary/aromatic N) is 5. The van der Waals surface area contributed by atoms with Crippen LogP contribution in [0, 0.1) is 11.8 Å². The zero-order chi connectivity index (χ0) is 26.3. The summed E-state index contributed by atoms with van der Waals surface area (Å²) in [6, 6.07) is 8.77. The van der Waals surface area contributed by atoms with Gasteiger partial charge in [-0.05, 0) is 43.7 Å². The van der Waals surface area contributed by atoms with Crippen LogP contribution < -0.4 is 10.6 Å². The summed E-state index contributed by atoms with van der Waals surface area (Å²) in [5.74, 6) is 0.941. The fourth-order valence-electron chi connectivity index (χ4n) is 4.34. The van der Waals surface area contributed by atoms with E-state index in [9.17, 15) is 4.79 Å². The highest BCUT2D eigenvalue weighted by Gasteiger charge is 2.38. The van der Waals surface area contributed by atoms with Crippen LogP contribution in [0.3, 0.4) is 0 Å². The number of carbonyl (C=O) groups excluding carboxylic acids is 1. The molecular formula is C27H38N6O3. The van der Waals surface area contributed by atoms with Crippen LogP contribution in [0.1, 0.15) is 65.8 Å². The van der Waals surface area contributed by atoms with Gasteiger partial charge < -0.3 is 19.9 Å². The standard InChI is InChI=1S/C25H32N6O3.C2H6/c1-5-33-21(32)18-10-12-31(13-11-18)24-29-22(30-34-24)25(4,16(2)3)20-8-6-17(7-9-20)19-14-27-23(26)28-15-19;1-2/h6-9,14-16,18H,5,10-13H2,1-4H3,(H2,26,27,28);1-2H3. The molecule has 3 heterocycles. The fourth-order valence-corrected chi connectivity index (χ4v) is 4.34. The average Bonchev–Trinajstić information content (AvgIpc) is 3.41. The van der Waals surface area contributed by atoms with Crippen molar-refractivity contribution in [3.63, 3.8) is 0 Å². The van der Waals surface area contributed by atoms with Gasteiger partial charge in [0.1, 0.15) is 0 Å². The molecule has 36 heavy (non-hydrogen) atoms. The number of aromatic nitrogens is 4. The van der Waals surface area contributed by atoms with Crippen molar-refractivity contribution in [3.05, 3.63) is 48.0 Å².